The number of rotatable bonds is 10. The molecule has 6 aliphatic rings. The molecule has 0 N–H and O–H groups in total. The Morgan fingerprint density at radius 3 is 2.29 bits per heavy atom. The molecule has 8 rings (SSSR count). The highest BCUT2D eigenvalue weighted by atomic mass is 16.1. The lowest BCUT2D eigenvalue weighted by Crippen LogP contribution is -2.56. The van der Waals surface area contributed by atoms with Crippen LogP contribution < -0.4 is 0 Å². The SMILES string of the molecule is O=C(Cc1nc2ccccc2n1C1CC2CCC(C1)N2CCC1CCN(C2(C(=O)C3CC3)C=CC=CC2)CC1)C1CC1. The molecular formula is C36H46N4O2. The maximum Gasteiger partial charge on any atom is 0.160 e. The Labute approximate surface area is 250 Å². The van der Waals surface area contributed by atoms with Crippen LogP contribution in [0.1, 0.15) is 88.9 Å². The zero-order chi connectivity index (χ0) is 28.3. The number of fused-ring (bicyclic) bond motifs is 3. The minimum Gasteiger partial charge on any atom is -0.324 e. The van der Waals surface area contributed by atoms with Crippen LogP contribution in [0.15, 0.2) is 48.6 Å². The van der Waals surface area contributed by atoms with Gasteiger partial charge in [-0.2, -0.15) is 0 Å². The molecule has 3 saturated heterocycles. The largest absolute Gasteiger partial charge is 0.324 e. The summed E-state index contributed by atoms with van der Waals surface area (Å²) in [7, 11) is 0. The van der Waals surface area contributed by atoms with Gasteiger partial charge < -0.3 is 4.57 Å². The zero-order valence-corrected chi connectivity index (χ0v) is 25.0. The van der Waals surface area contributed by atoms with Gasteiger partial charge in [-0.15, -0.1) is 0 Å². The number of allylic oxidation sites excluding steroid dienone is 2. The highest BCUT2D eigenvalue weighted by Crippen LogP contribution is 2.44. The number of carbonyl (C=O) groups excluding carboxylic acids is 2. The van der Waals surface area contributed by atoms with E-state index in [0.29, 0.717) is 42.0 Å². The Bertz CT molecular complexity index is 1390. The lowest BCUT2D eigenvalue weighted by molar-refractivity contribution is -0.130. The van der Waals surface area contributed by atoms with E-state index in [1.54, 1.807) is 0 Å². The minimum absolute atomic E-state index is 0.281. The van der Waals surface area contributed by atoms with E-state index in [9.17, 15) is 9.59 Å². The number of carbonyl (C=O) groups is 2. The number of likely N-dealkylation sites (tertiary alicyclic amines) is 1. The third-order valence-electron chi connectivity index (χ3n) is 11.7. The molecule has 42 heavy (non-hydrogen) atoms. The fourth-order valence-electron chi connectivity index (χ4n) is 8.99. The van der Waals surface area contributed by atoms with E-state index < -0.39 is 0 Å². The third kappa shape index (κ3) is 4.93. The van der Waals surface area contributed by atoms with Crippen LogP contribution in [0.3, 0.4) is 0 Å². The van der Waals surface area contributed by atoms with Crippen LogP contribution in [0.2, 0.25) is 0 Å². The van der Waals surface area contributed by atoms with Gasteiger partial charge in [0, 0.05) is 30.0 Å². The topological polar surface area (TPSA) is 58.4 Å². The van der Waals surface area contributed by atoms with Crippen molar-refractivity contribution in [3.05, 3.63) is 54.4 Å². The molecule has 2 saturated carbocycles. The summed E-state index contributed by atoms with van der Waals surface area (Å²) in [5, 5.41) is 0. The van der Waals surface area contributed by atoms with Crippen LogP contribution in [0.25, 0.3) is 11.0 Å². The van der Waals surface area contributed by atoms with Crippen molar-refractivity contribution in [2.24, 2.45) is 17.8 Å². The maximum atomic E-state index is 13.4. The molecule has 0 spiro atoms. The summed E-state index contributed by atoms with van der Waals surface area (Å²) < 4.78 is 2.47. The Kier molecular flexibility index (Phi) is 6.98. The minimum atomic E-state index is -0.374. The first-order valence-corrected chi connectivity index (χ1v) is 17.0. The first-order valence-electron chi connectivity index (χ1n) is 17.0. The summed E-state index contributed by atoms with van der Waals surface area (Å²) in [6.45, 7) is 3.30. The number of nitrogens with zero attached hydrogens (tertiary/aromatic N) is 4. The Hall–Kier alpha value is -2.57. The highest BCUT2D eigenvalue weighted by Gasteiger charge is 2.48. The Morgan fingerprint density at radius 1 is 0.857 bits per heavy atom. The van der Waals surface area contributed by atoms with Crippen molar-refractivity contribution in [1.29, 1.82) is 0 Å². The van der Waals surface area contributed by atoms with Gasteiger partial charge in [-0.05, 0) is 115 Å². The molecule has 6 heteroatoms. The fourth-order valence-corrected chi connectivity index (χ4v) is 8.99. The average Bonchev–Trinajstić information content (AvgIpc) is 3.95. The van der Waals surface area contributed by atoms with Gasteiger partial charge in [0.05, 0.1) is 17.5 Å². The number of aromatic nitrogens is 2. The normalized spacial score (nSPS) is 32.1. The second-order valence-electron chi connectivity index (χ2n) is 14.3. The lowest BCUT2D eigenvalue weighted by Gasteiger charge is -2.45. The lowest BCUT2D eigenvalue weighted by atomic mass is 9.80. The van der Waals surface area contributed by atoms with Crippen molar-refractivity contribution in [3.63, 3.8) is 0 Å². The third-order valence-corrected chi connectivity index (χ3v) is 11.7. The van der Waals surface area contributed by atoms with Gasteiger partial charge in [-0.25, -0.2) is 4.98 Å². The summed E-state index contributed by atoms with van der Waals surface area (Å²) in [5.41, 5.74) is 1.88. The maximum absolute atomic E-state index is 13.4. The molecule has 0 amide bonds. The number of imidazole rings is 1. The van der Waals surface area contributed by atoms with Crippen molar-refractivity contribution in [3.8, 4) is 0 Å². The molecule has 2 aromatic rings. The van der Waals surface area contributed by atoms with Gasteiger partial charge >= 0.3 is 0 Å². The first-order chi connectivity index (χ1) is 20.6. The van der Waals surface area contributed by atoms with Crippen molar-refractivity contribution in [2.75, 3.05) is 19.6 Å². The van der Waals surface area contributed by atoms with Crippen LogP contribution in [-0.4, -0.2) is 68.2 Å². The average molecular weight is 567 g/mol. The molecule has 3 atom stereocenters. The summed E-state index contributed by atoms with van der Waals surface area (Å²) >= 11 is 0. The van der Waals surface area contributed by atoms with Crippen LogP contribution >= 0.6 is 0 Å². The fraction of sp³-hybridized carbons (Fsp3) is 0.639. The van der Waals surface area contributed by atoms with E-state index in [0.717, 1.165) is 62.5 Å². The number of hydrogen-bond donors (Lipinski definition) is 0. The zero-order valence-electron chi connectivity index (χ0n) is 25.0. The molecule has 2 bridgehead atoms. The van der Waals surface area contributed by atoms with Gasteiger partial charge in [0.2, 0.25) is 0 Å². The molecule has 6 nitrogen and oxygen atoms in total. The van der Waals surface area contributed by atoms with Gasteiger partial charge in [0.1, 0.15) is 17.1 Å². The van der Waals surface area contributed by atoms with Crippen LogP contribution in [-0.2, 0) is 16.0 Å². The van der Waals surface area contributed by atoms with Crippen molar-refractivity contribution < 1.29 is 9.59 Å². The predicted octanol–water partition coefficient (Wildman–Crippen LogP) is 6.06. The number of ketones is 2. The predicted molar refractivity (Wildman–Crippen MR) is 165 cm³/mol. The standard InChI is InChI=1S/C36H46N4O2/c41-33(26-8-9-26)24-34-37-31-6-2-3-7-32(31)40(34)30-22-28-12-13-29(23-30)39(28)21-16-25-14-19-38(20-15-25)36(17-4-1-5-18-36)35(42)27-10-11-27/h1-7,17,25-30H,8-16,18-24H2. The number of hydrogen-bond acceptors (Lipinski definition) is 5. The Balaban J connectivity index is 0.903. The molecule has 3 aliphatic heterocycles. The van der Waals surface area contributed by atoms with Crippen LogP contribution in [0.5, 0.6) is 0 Å². The number of Topliss-reactive ketones (excluding diaryl/α,β-unsaturated/α-hetero) is 2. The second-order valence-corrected chi connectivity index (χ2v) is 14.3. The number of benzene rings is 1. The Morgan fingerprint density at radius 2 is 1.60 bits per heavy atom. The van der Waals surface area contributed by atoms with Crippen molar-refractivity contribution >= 4 is 22.6 Å². The summed E-state index contributed by atoms with van der Waals surface area (Å²) in [6.07, 6.45) is 22.9. The van der Waals surface area contributed by atoms with E-state index in [1.807, 2.05) is 0 Å². The first kappa shape index (κ1) is 27.0. The highest BCUT2D eigenvalue weighted by molar-refractivity contribution is 5.94. The quantitative estimate of drug-likeness (QED) is 0.350. The molecule has 0 radical (unpaired) electrons. The van der Waals surface area contributed by atoms with Gasteiger partial charge in [0.25, 0.3) is 0 Å². The number of para-hydroxylation sites is 2. The monoisotopic (exact) mass is 566 g/mol. The summed E-state index contributed by atoms with van der Waals surface area (Å²) in [5.74, 6) is 3.20. The van der Waals surface area contributed by atoms with E-state index in [2.05, 4.69) is 62.9 Å². The van der Waals surface area contributed by atoms with Crippen LogP contribution in [0, 0.1) is 17.8 Å². The van der Waals surface area contributed by atoms with Gasteiger partial charge in [-0.3, -0.25) is 19.4 Å². The molecular weight excluding hydrogens is 520 g/mol. The molecule has 222 valence electrons. The molecule has 3 aliphatic carbocycles. The second kappa shape index (κ2) is 10.9. The summed E-state index contributed by atoms with van der Waals surface area (Å²) in [6, 6.07) is 10.2. The van der Waals surface area contributed by atoms with E-state index in [4.69, 9.17) is 4.98 Å². The molecule has 1 aromatic heterocycles. The molecule has 5 fully saturated rings. The van der Waals surface area contributed by atoms with E-state index in [1.165, 1.54) is 57.0 Å². The molecule has 4 heterocycles. The van der Waals surface area contributed by atoms with E-state index >= 15 is 0 Å². The summed E-state index contributed by atoms with van der Waals surface area (Å²) in [4.78, 5) is 36.6. The smallest absolute Gasteiger partial charge is 0.160 e. The van der Waals surface area contributed by atoms with Crippen molar-refractivity contribution in [2.45, 2.75) is 107 Å². The van der Waals surface area contributed by atoms with Crippen molar-refractivity contribution in [1.82, 2.24) is 19.4 Å². The molecule has 1 aromatic carbocycles. The van der Waals surface area contributed by atoms with Gasteiger partial charge in [-0.1, -0.05) is 36.4 Å². The van der Waals surface area contributed by atoms with E-state index in [-0.39, 0.29) is 11.5 Å². The number of piperidine rings is 2. The molecule has 3 unspecified atom stereocenters. The van der Waals surface area contributed by atoms with Gasteiger partial charge in [0.15, 0.2) is 5.78 Å². The van der Waals surface area contributed by atoms with Crippen LogP contribution in [0.4, 0.5) is 0 Å².